The Labute approximate surface area is 135 Å². The van der Waals surface area contributed by atoms with Gasteiger partial charge < -0.3 is 10.6 Å². The summed E-state index contributed by atoms with van der Waals surface area (Å²) in [6, 6.07) is 11.6. The summed E-state index contributed by atoms with van der Waals surface area (Å²) in [5.74, 6) is -0.487. The van der Waals surface area contributed by atoms with Gasteiger partial charge in [0.1, 0.15) is 5.69 Å². The molecule has 6 heteroatoms. The third kappa shape index (κ3) is 4.95. The van der Waals surface area contributed by atoms with E-state index in [0.717, 1.165) is 12.1 Å². The molecule has 0 spiro atoms. The molecule has 2 N–H and O–H groups in total. The van der Waals surface area contributed by atoms with E-state index < -0.39 is 0 Å². The highest BCUT2D eigenvalue weighted by Crippen LogP contribution is 2.03. The lowest BCUT2D eigenvalue weighted by Crippen LogP contribution is -2.38. The molecule has 2 aromatic rings. The van der Waals surface area contributed by atoms with Crippen LogP contribution >= 0.6 is 0 Å². The van der Waals surface area contributed by atoms with Crippen molar-refractivity contribution < 1.29 is 9.59 Å². The Morgan fingerprint density at radius 3 is 2.61 bits per heavy atom. The molecule has 1 aromatic heterocycles. The lowest BCUT2D eigenvalue weighted by atomic mass is 10.1. The van der Waals surface area contributed by atoms with Crippen molar-refractivity contribution in [1.82, 2.24) is 20.4 Å². The molecule has 122 valence electrons. The molecule has 6 nitrogen and oxygen atoms in total. The van der Waals surface area contributed by atoms with Crippen LogP contribution in [-0.4, -0.2) is 34.7 Å². The van der Waals surface area contributed by atoms with Crippen LogP contribution in [0.5, 0.6) is 0 Å². The minimum absolute atomic E-state index is 0.0401. The molecule has 1 heterocycles. The number of benzene rings is 1. The van der Waals surface area contributed by atoms with E-state index in [2.05, 4.69) is 15.7 Å². The van der Waals surface area contributed by atoms with Crippen molar-refractivity contribution in [3.8, 4) is 0 Å². The maximum Gasteiger partial charge on any atom is 0.269 e. The molecule has 23 heavy (non-hydrogen) atoms. The summed E-state index contributed by atoms with van der Waals surface area (Å²) in [4.78, 5) is 23.9. The van der Waals surface area contributed by atoms with Gasteiger partial charge in [0.2, 0.25) is 5.91 Å². The van der Waals surface area contributed by atoms with Gasteiger partial charge in [-0.05, 0) is 31.9 Å². The molecular formula is C17H22N4O2. The Kier molecular flexibility index (Phi) is 5.91. The molecule has 2 amide bonds. The van der Waals surface area contributed by atoms with Crippen molar-refractivity contribution in [2.24, 2.45) is 0 Å². The maximum absolute atomic E-state index is 12.1. The van der Waals surface area contributed by atoms with Crippen LogP contribution in [-0.2, 0) is 17.8 Å². The molecule has 0 aliphatic carbocycles. The largest absolute Gasteiger partial charge is 0.354 e. The van der Waals surface area contributed by atoms with E-state index in [9.17, 15) is 9.59 Å². The number of hydrogen-bond acceptors (Lipinski definition) is 3. The third-order valence-electron chi connectivity index (χ3n) is 3.42. The zero-order valence-electron chi connectivity index (χ0n) is 13.5. The zero-order valence-corrected chi connectivity index (χ0v) is 13.5. The predicted molar refractivity (Wildman–Crippen MR) is 88.1 cm³/mol. The van der Waals surface area contributed by atoms with E-state index in [0.29, 0.717) is 18.8 Å². The van der Waals surface area contributed by atoms with Crippen molar-refractivity contribution in [2.45, 2.75) is 26.8 Å². The van der Waals surface area contributed by atoms with Gasteiger partial charge in [0.15, 0.2) is 0 Å². The minimum atomic E-state index is -0.286. The van der Waals surface area contributed by atoms with E-state index in [1.165, 1.54) is 5.56 Å². The number of aryl methyl sites for hydroxylation is 2. The Bertz CT molecular complexity index is 664. The first-order valence-corrected chi connectivity index (χ1v) is 7.73. The van der Waals surface area contributed by atoms with Gasteiger partial charge in [-0.15, -0.1) is 0 Å². The molecule has 0 aliphatic heterocycles. The van der Waals surface area contributed by atoms with E-state index in [-0.39, 0.29) is 18.4 Å². The quantitative estimate of drug-likeness (QED) is 0.809. The van der Waals surface area contributed by atoms with Gasteiger partial charge in [-0.3, -0.25) is 14.3 Å². The first kappa shape index (κ1) is 16.7. The van der Waals surface area contributed by atoms with Gasteiger partial charge in [-0.25, -0.2) is 0 Å². The van der Waals surface area contributed by atoms with Gasteiger partial charge in [0.05, 0.1) is 12.2 Å². The molecule has 2 rings (SSSR count). The van der Waals surface area contributed by atoms with Crippen LogP contribution in [0.3, 0.4) is 0 Å². The van der Waals surface area contributed by atoms with Gasteiger partial charge in [-0.2, -0.15) is 5.10 Å². The second-order valence-corrected chi connectivity index (χ2v) is 5.25. The molecule has 0 unspecified atom stereocenters. The number of carbonyl (C=O) groups excluding carboxylic acids is 2. The summed E-state index contributed by atoms with van der Waals surface area (Å²) >= 11 is 0. The monoisotopic (exact) mass is 314 g/mol. The van der Waals surface area contributed by atoms with Crippen molar-refractivity contribution in [1.29, 1.82) is 0 Å². The summed E-state index contributed by atoms with van der Waals surface area (Å²) in [5, 5.41) is 9.64. The first-order chi connectivity index (χ1) is 11.1. The van der Waals surface area contributed by atoms with Crippen molar-refractivity contribution in [3.63, 3.8) is 0 Å². The molecular weight excluding hydrogens is 292 g/mol. The van der Waals surface area contributed by atoms with Gasteiger partial charge in [0, 0.05) is 13.1 Å². The summed E-state index contributed by atoms with van der Waals surface area (Å²) in [7, 11) is 0. The Balaban J connectivity index is 1.74. The SMILES string of the molecule is CCn1nc(C)cc1C(=O)NCC(=O)NCCc1ccccc1. The lowest BCUT2D eigenvalue weighted by Gasteiger charge is -2.08. The number of amides is 2. The normalized spacial score (nSPS) is 10.3. The third-order valence-corrected chi connectivity index (χ3v) is 3.42. The number of hydrogen-bond donors (Lipinski definition) is 2. The predicted octanol–water partition coefficient (Wildman–Crippen LogP) is 1.30. The molecule has 0 saturated heterocycles. The van der Waals surface area contributed by atoms with Crippen LogP contribution in [0.1, 0.15) is 28.7 Å². The van der Waals surface area contributed by atoms with Crippen molar-refractivity contribution in [3.05, 3.63) is 53.3 Å². The molecule has 0 saturated carbocycles. The number of aromatic nitrogens is 2. The Morgan fingerprint density at radius 1 is 1.17 bits per heavy atom. The highest BCUT2D eigenvalue weighted by Gasteiger charge is 2.13. The zero-order chi connectivity index (χ0) is 16.7. The highest BCUT2D eigenvalue weighted by molar-refractivity contribution is 5.95. The first-order valence-electron chi connectivity index (χ1n) is 7.73. The van der Waals surface area contributed by atoms with E-state index in [4.69, 9.17) is 0 Å². The molecule has 0 atom stereocenters. The molecule has 0 radical (unpaired) electrons. The fraction of sp³-hybridized carbons (Fsp3) is 0.353. The van der Waals surface area contributed by atoms with Crippen LogP contribution in [0, 0.1) is 6.92 Å². The fourth-order valence-corrected chi connectivity index (χ4v) is 2.27. The lowest BCUT2D eigenvalue weighted by molar-refractivity contribution is -0.120. The summed E-state index contributed by atoms with van der Waals surface area (Å²) < 4.78 is 1.62. The van der Waals surface area contributed by atoms with Gasteiger partial charge in [0.25, 0.3) is 5.91 Å². The Hall–Kier alpha value is -2.63. The van der Waals surface area contributed by atoms with Crippen LogP contribution in [0.2, 0.25) is 0 Å². The topological polar surface area (TPSA) is 76.0 Å². The van der Waals surface area contributed by atoms with Crippen molar-refractivity contribution in [2.75, 3.05) is 13.1 Å². The second-order valence-electron chi connectivity index (χ2n) is 5.25. The van der Waals surface area contributed by atoms with E-state index >= 15 is 0 Å². The number of rotatable bonds is 7. The van der Waals surface area contributed by atoms with Crippen LogP contribution < -0.4 is 10.6 Å². The molecule has 1 aromatic carbocycles. The van der Waals surface area contributed by atoms with Crippen LogP contribution in [0.15, 0.2) is 36.4 Å². The molecule has 0 aliphatic rings. The molecule has 0 bridgehead atoms. The summed E-state index contributed by atoms with van der Waals surface area (Å²) in [5.41, 5.74) is 2.42. The number of nitrogens with one attached hydrogen (secondary N) is 2. The maximum atomic E-state index is 12.1. The Morgan fingerprint density at radius 2 is 1.91 bits per heavy atom. The average molecular weight is 314 g/mol. The fourth-order valence-electron chi connectivity index (χ4n) is 2.27. The highest BCUT2D eigenvalue weighted by atomic mass is 16.2. The number of carbonyl (C=O) groups is 2. The van der Waals surface area contributed by atoms with E-state index in [1.807, 2.05) is 44.2 Å². The van der Waals surface area contributed by atoms with Crippen molar-refractivity contribution >= 4 is 11.8 Å². The smallest absolute Gasteiger partial charge is 0.269 e. The number of nitrogens with zero attached hydrogens (tertiary/aromatic N) is 2. The van der Waals surface area contributed by atoms with Crippen LogP contribution in [0.25, 0.3) is 0 Å². The standard InChI is InChI=1S/C17H22N4O2/c1-3-21-15(11-13(2)20-21)17(23)19-12-16(22)18-10-9-14-7-5-4-6-8-14/h4-8,11H,3,9-10,12H2,1-2H3,(H,18,22)(H,19,23). The van der Waals surface area contributed by atoms with Gasteiger partial charge in [-0.1, -0.05) is 30.3 Å². The minimum Gasteiger partial charge on any atom is -0.354 e. The van der Waals surface area contributed by atoms with Crippen LogP contribution in [0.4, 0.5) is 0 Å². The van der Waals surface area contributed by atoms with Gasteiger partial charge >= 0.3 is 0 Å². The second kappa shape index (κ2) is 8.12. The van der Waals surface area contributed by atoms with E-state index in [1.54, 1.807) is 10.7 Å². The molecule has 0 fully saturated rings. The summed E-state index contributed by atoms with van der Waals surface area (Å²) in [6.07, 6.45) is 0.766. The summed E-state index contributed by atoms with van der Waals surface area (Å²) in [6.45, 7) is 4.87. The average Bonchev–Trinajstić information content (AvgIpc) is 2.94.